The van der Waals surface area contributed by atoms with Gasteiger partial charge in [0, 0.05) is 13.0 Å². The zero-order valence-electron chi connectivity index (χ0n) is 10.5. The maximum atomic E-state index is 12.0. The van der Waals surface area contributed by atoms with Crippen molar-refractivity contribution >= 4 is 7.82 Å². The Kier molecular flexibility index (Phi) is 4.95. The van der Waals surface area contributed by atoms with Crippen molar-refractivity contribution in [2.24, 2.45) is 5.92 Å². The molecule has 1 rings (SSSR count). The normalized spacial score (nSPS) is 38.6. The number of hydrogen-bond acceptors (Lipinski definition) is 5. The van der Waals surface area contributed by atoms with E-state index in [1.54, 1.807) is 6.92 Å². The molecule has 0 N–H and O–H groups in total. The molecule has 5 nitrogen and oxygen atoms in total. The summed E-state index contributed by atoms with van der Waals surface area (Å²) in [6.45, 7) is 7.91. The predicted octanol–water partition coefficient (Wildman–Crippen LogP) is 2.61. The summed E-state index contributed by atoms with van der Waals surface area (Å²) < 4.78 is 32.9. The molecule has 0 aromatic rings. The summed E-state index contributed by atoms with van der Waals surface area (Å²) >= 11 is 0. The summed E-state index contributed by atoms with van der Waals surface area (Å²) in [6, 6.07) is 0. The molecule has 16 heavy (non-hydrogen) atoms. The van der Waals surface area contributed by atoms with Gasteiger partial charge in [-0.15, -0.1) is 0 Å². The minimum atomic E-state index is -3.43. The van der Waals surface area contributed by atoms with Gasteiger partial charge in [0.25, 0.3) is 0 Å². The van der Waals surface area contributed by atoms with Crippen LogP contribution in [0.4, 0.5) is 0 Å². The molecule has 0 radical (unpaired) electrons. The largest absolute Gasteiger partial charge is 0.474 e. The maximum absolute atomic E-state index is 12.0. The van der Waals surface area contributed by atoms with Crippen molar-refractivity contribution in [1.82, 2.24) is 0 Å². The summed E-state index contributed by atoms with van der Waals surface area (Å²) in [5.74, 6) is 0.166. The second-order valence-corrected chi connectivity index (χ2v) is 5.75. The maximum Gasteiger partial charge on any atom is 0.474 e. The fourth-order valence-electron chi connectivity index (χ4n) is 1.85. The number of rotatable bonds is 5. The Hall–Kier alpha value is 0.0700. The second-order valence-electron chi connectivity index (χ2n) is 4.02. The molecule has 6 heteroatoms. The zero-order chi connectivity index (χ0) is 12.3. The molecule has 1 heterocycles. The second kappa shape index (κ2) is 5.61. The number of ether oxygens (including phenoxy) is 1. The topological polar surface area (TPSA) is 54.0 Å². The van der Waals surface area contributed by atoms with Gasteiger partial charge in [-0.1, -0.05) is 6.92 Å². The van der Waals surface area contributed by atoms with Crippen LogP contribution in [0, 0.1) is 5.92 Å². The first-order chi connectivity index (χ1) is 7.43. The summed E-state index contributed by atoms with van der Waals surface area (Å²) in [5, 5.41) is 0. The van der Waals surface area contributed by atoms with Gasteiger partial charge in [-0.2, -0.15) is 0 Å². The van der Waals surface area contributed by atoms with Crippen LogP contribution < -0.4 is 0 Å². The molecule has 0 bridgehead atoms. The number of hydrogen-bond donors (Lipinski definition) is 0. The van der Waals surface area contributed by atoms with Crippen LogP contribution >= 0.6 is 7.82 Å². The van der Waals surface area contributed by atoms with Crippen molar-refractivity contribution in [1.29, 1.82) is 0 Å². The van der Waals surface area contributed by atoms with Crippen LogP contribution in [0.3, 0.4) is 0 Å². The third kappa shape index (κ3) is 3.05. The van der Waals surface area contributed by atoms with Crippen molar-refractivity contribution < 1.29 is 22.9 Å². The Morgan fingerprint density at radius 2 is 1.88 bits per heavy atom. The van der Waals surface area contributed by atoms with Crippen LogP contribution in [0.5, 0.6) is 0 Å². The molecule has 0 amide bonds. The molecule has 0 aliphatic carbocycles. The van der Waals surface area contributed by atoms with Gasteiger partial charge in [0.15, 0.2) is 0 Å². The Morgan fingerprint density at radius 3 is 2.25 bits per heavy atom. The van der Waals surface area contributed by atoms with Gasteiger partial charge in [-0.25, -0.2) is 4.57 Å². The molecule has 0 aromatic carbocycles. The first-order valence-electron chi connectivity index (χ1n) is 5.57. The van der Waals surface area contributed by atoms with E-state index < -0.39 is 7.82 Å². The van der Waals surface area contributed by atoms with Gasteiger partial charge in [-0.3, -0.25) is 13.6 Å². The van der Waals surface area contributed by atoms with E-state index in [1.807, 2.05) is 20.8 Å². The SMILES string of the molecule is CCOP(=O)(OC)OC1C(C)C(C)O[C@H]1C. The molecular formula is C10H21O5P. The Balaban J connectivity index is 2.68. The van der Waals surface area contributed by atoms with Crippen LogP contribution in [0.2, 0.25) is 0 Å². The number of phosphoric ester groups is 1. The Bertz CT molecular complexity index is 270. The van der Waals surface area contributed by atoms with Gasteiger partial charge >= 0.3 is 7.82 Å². The van der Waals surface area contributed by atoms with Crippen LogP contribution in [-0.4, -0.2) is 32.0 Å². The van der Waals surface area contributed by atoms with Crippen LogP contribution in [-0.2, 0) is 22.9 Å². The monoisotopic (exact) mass is 252 g/mol. The molecule has 4 unspecified atom stereocenters. The molecule has 0 aromatic heterocycles. The van der Waals surface area contributed by atoms with E-state index in [-0.39, 0.29) is 30.8 Å². The van der Waals surface area contributed by atoms with E-state index in [2.05, 4.69) is 0 Å². The summed E-state index contributed by atoms with van der Waals surface area (Å²) in [6.07, 6.45) is -0.270. The van der Waals surface area contributed by atoms with E-state index in [4.69, 9.17) is 18.3 Å². The van der Waals surface area contributed by atoms with Gasteiger partial charge < -0.3 is 4.74 Å². The average molecular weight is 252 g/mol. The highest BCUT2D eigenvalue weighted by molar-refractivity contribution is 7.48. The summed E-state index contributed by atoms with van der Waals surface area (Å²) in [7, 11) is -2.11. The lowest BCUT2D eigenvalue weighted by molar-refractivity contribution is 0.0198. The van der Waals surface area contributed by atoms with Crippen LogP contribution in [0.25, 0.3) is 0 Å². The lowest BCUT2D eigenvalue weighted by Crippen LogP contribution is -2.26. The van der Waals surface area contributed by atoms with Crippen LogP contribution in [0.1, 0.15) is 27.7 Å². The van der Waals surface area contributed by atoms with Crippen molar-refractivity contribution in [3.05, 3.63) is 0 Å². The molecule has 1 aliphatic heterocycles. The zero-order valence-corrected chi connectivity index (χ0v) is 11.4. The third-order valence-electron chi connectivity index (χ3n) is 2.91. The minimum Gasteiger partial charge on any atom is -0.372 e. The lowest BCUT2D eigenvalue weighted by Gasteiger charge is -2.23. The predicted molar refractivity (Wildman–Crippen MR) is 60.3 cm³/mol. The molecule has 5 atom stereocenters. The van der Waals surface area contributed by atoms with E-state index >= 15 is 0 Å². The molecule has 1 saturated heterocycles. The quantitative estimate of drug-likeness (QED) is 0.704. The first-order valence-corrected chi connectivity index (χ1v) is 7.03. The van der Waals surface area contributed by atoms with E-state index in [0.717, 1.165) is 0 Å². The van der Waals surface area contributed by atoms with Crippen molar-refractivity contribution in [2.75, 3.05) is 13.7 Å². The van der Waals surface area contributed by atoms with Crippen molar-refractivity contribution in [2.45, 2.75) is 46.0 Å². The highest BCUT2D eigenvalue weighted by Crippen LogP contribution is 2.52. The van der Waals surface area contributed by atoms with E-state index in [9.17, 15) is 4.57 Å². The van der Waals surface area contributed by atoms with Crippen molar-refractivity contribution in [3.8, 4) is 0 Å². The van der Waals surface area contributed by atoms with Crippen molar-refractivity contribution in [3.63, 3.8) is 0 Å². The fourth-order valence-corrected chi connectivity index (χ4v) is 3.08. The third-order valence-corrected chi connectivity index (χ3v) is 4.44. The highest BCUT2D eigenvalue weighted by Gasteiger charge is 2.42. The first kappa shape index (κ1) is 14.1. The van der Waals surface area contributed by atoms with Gasteiger partial charge in [-0.05, 0) is 20.8 Å². The molecular weight excluding hydrogens is 231 g/mol. The van der Waals surface area contributed by atoms with Gasteiger partial charge in [0.1, 0.15) is 6.10 Å². The molecule has 0 saturated carbocycles. The highest BCUT2D eigenvalue weighted by atomic mass is 31.2. The smallest absolute Gasteiger partial charge is 0.372 e. The number of phosphoric acid groups is 1. The van der Waals surface area contributed by atoms with Crippen LogP contribution in [0.15, 0.2) is 0 Å². The molecule has 96 valence electrons. The summed E-state index contributed by atoms with van der Waals surface area (Å²) in [5.41, 5.74) is 0. The molecule has 0 spiro atoms. The lowest BCUT2D eigenvalue weighted by atomic mass is 10.0. The Labute approximate surface area is 97.0 Å². The van der Waals surface area contributed by atoms with Gasteiger partial charge in [0.2, 0.25) is 0 Å². The summed E-state index contributed by atoms with van der Waals surface area (Å²) in [4.78, 5) is 0. The van der Waals surface area contributed by atoms with Gasteiger partial charge in [0.05, 0.1) is 18.8 Å². The molecule has 1 aliphatic rings. The fraction of sp³-hybridized carbons (Fsp3) is 1.00. The van der Waals surface area contributed by atoms with E-state index in [0.29, 0.717) is 0 Å². The minimum absolute atomic E-state index is 0.0898. The standard InChI is InChI=1S/C10H21O5P/c1-6-13-16(11,12-5)15-10-7(2)8(3)14-9(10)4/h7-10H,6H2,1-5H3/t7?,8?,9-,10?,16?/m0/s1. The average Bonchev–Trinajstić information content (AvgIpc) is 2.46. The van der Waals surface area contributed by atoms with E-state index in [1.165, 1.54) is 7.11 Å². The molecule has 1 fully saturated rings. The Morgan fingerprint density at radius 1 is 1.25 bits per heavy atom.